The standard InChI is InChI=1S/C19H18N4O2/c1-3-23-19(25)18(21-15-9-11-20-12-10-15)16(13(2)24)17(22-23)14-7-5-4-6-8-14/h4-12H,3H2,1-2H3,(H,20,21). The zero-order valence-corrected chi connectivity index (χ0v) is 14.1. The molecule has 0 unspecified atom stereocenters. The average Bonchev–Trinajstić information content (AvgIpc) is 2.64. The molecular formula is C19H18N4O2. The van der Waals surface area contributed by atoms with E-state index in [1.54, 1.807) is 24.5 Å². The molecule has 1 aromatic carbocycles. The second-order valence-electron chi connectivity index (χ2n) is 5.50. The van der Waals surface area contributed by atoms with Crippen LogP contribution in [0.2, 0.25) is 0 Å². The Balaban J connectivity index is 2.28. The number of carbonyl (C=O) groups excluding carboxylic acids is 1. The highest BCUT2D eigenvalue weighted by Gasteiger charge is 2.21. The summed E-state index contributed by atoms with van der Waals surface area (Å²) in [6.07, 6.45) is 3.24. The van der Waals surface area contributed by atoms with Gasteiger partial charge in [0.1, 0.15) is 11.4 Å². The summed E-state index contributed by atoms with van der Waals surface area (Å²) >= 11 is 0. The van der Waals surface area contributed by atoms with Crippen molar-refractivity contribution in [1.29, 1.82) is 0 Å². The molecule has 1 N–H and O–H groups in total. The Morgan fingerprint density at radius 3 is 2.40 bits per heavy atom. The molecule has 0 atom stereocenters. The van der Waals surface area contributed by atoms with Gasteiger partial charge in [0, 0.05) is 30.2 Å². The van der Waals surface area contributed by atoms with Crippen molar-refractivity contribution in [3.63, 3.8) is 0 Å². The lowest BCUT2D eigenvalue weighted by molar-refractivity contribution is 0.101. The molecule has 0 aliphatic carbocycles. The number of aromatic nitrogens is 3. The van der Waals surface area contributed by atoms with E-state index in [0.717, 1.165) is 5.56 Å². The summed E-state index contributed by atoms with van der Waals surface area (Å²) in [6.45, 7) is 3.69. The Morgan fingerprint density at radius 1 is 1.12 bits per heavy atom. The maximum Gasteiger partial charge on any atom is 0.291 e. The van der Waals surface area contributed by atoms with Crippen LogP contribution in [0, 0.1) is 0 Å². The number of ketones is 1. The third-order valence-corrected chi connectivity index (χ3v) is 3.80. The molecule has 0 aliphatic heterocycles. The smallest absolute Gasteiger partial charge is 0.291 e. The molecule has 0 radical (unpaired) electrons. The predicted octanol–water partition coefficient (Wildman–Crippen LogP) is 3.27. The summed E-state index contributed by atoms with van der Waals surface area (Å²) in [7, 11) is 0. The number of rotatable bonds is 5. The Labute approximate surface area is 145 Å². The van der Waals surface area contributed by atoms with E-state index in [-0.39, 0.29) is 22.6 Å². The summed E-state index contributed by atoms with van der Waals surface area (Å²) in [5, 5.41) is 7.49. The lowest BCUT2D eigenvalue weighted by Gasteiger charge is -2.16. The van der Waals surface area contributed by atoms with Gasteiger partial charge in [-0.1, -0.05) is 30.3 Å². The van der Waals surface area contributed by atoms with E-state index in [0.29, 0.717) is 17.9 Å². The quantitative estimate of drug-likeness (QED) is 0.725. The summed E-state index contributed by atoms with van der Waals surface area (Å²) in [5.41, 5.74) is 2.15. The van der Waals surface area contributed by atoms with Crippen LogP contribution in [-0.2, 0) is 6.54 Å². The van der Waals surface area contributed by atoms with Crippen molar-refractivity contribution in [3.8, 4) is 11.3 Å². The predicted molar refractivity (Wildman–Crippen MR) is 97.1 cm³/mol. The molecule has 126 valence electrons. The van der Waals surface area contributed by atoms with Crippen LogP contribution in [0.5, 0.6) is 0 Å². The van der Waals surface area contributed by atoms with Crippen LogP contribution in [0.4, 0.5) is 11.4 Å². The van der Waals surface area contributed by atoms with E-state index < -0.39 is 0 Å². The first-order chi connectivity index (χ1) is 12.1. The van der Waals surface area contributed by atoms with Crippen LogP contribution in [0.15, 0.2) is 59.7 Å². The topological polar surface area (TPSA) is 76.9 Å². The number of benzene rings is 1. The van der Waals surface area contributed by atoms with E-state index in [4.69, 9.17) is 0 Å². The largest absolute Gasteiger partial charge is 0.350 e. The van der Waals surface area contributed by atoms with Crippen molar-refractivity contribution in [2.24, 2.45) is 0 Å². The third kappa shape index (κ3) is 3.33. The average molecular weight is 334 g/mol. The minimum atomic E-state index is -0.329. The number of nitrogens with zero attached hydrogens (tertiary/aromatic N) is 3. The molecule has 6 heteroatoms. The highest BCUT2D eigenvalue weighted by Crippen LogP contribution is 2.27. The van der Waals surface area contributed by atoms with Gasteiger partial charge < -0.3 is 5.32 Å². The fraction of sp³-hybridized carbons (Fsp3) is 0.158. The molecule has 0 saturated carbocycles. The molecule has 2 heterocycles. The van der Waals surface area contributed by atoms with Crippen molar-refractivity contribution in [3.05, 3.63) is 70.8 Å². The van der Waals surface area contributed by atoms with Crippen LogP contribution >= 0.6 is 0 Å². The molecule has 0 fully saturated rings. The van der Waals surface area contributed by atoms with Gasteiger partial charge in [-0.05, 0) is 26.0 Å². The highest BCUT2D eigenvalue weighted by molar-refractivity contribution is 6.05. The number of aryl methyl sites for hydroxylation is 1. The van der Waals surface area contributed by atoms with Gasteiger partial charge in [-0.3, -0.25) is 14.6 Å². The number of hydrogen-bond acceptors (Lipinski definition) is 5. The molecular weight excluding hydrogens is 316 g/mol. The molecule has 25 heavy (non-hydrogen) atoms. The Morgan fingerprint density at radius 2 is 1.80 bits per heavy atom. The first-order valence-corrected chi connectivity index (χ1v) is 8.00. The van der Waals surface area contributed by atoms with Crippen molar-refractivity contribution >= 4 is 17.2 Å². The van der Waals surface area contributed by atoms with Crippen molar-refractivity contribution in [1.82, 2.24) is 14.8 Å². The van der Waals surface area contributed by atoms with Gasteiger partial charge in [-0.15, -0.1) is 0 Å². The van der Waals surface area contributed by atoms with Gasteiger partial charge in [0.2, 0.25) is 0 Å². The number of carbonyl (C=O) groups is 1. The van der Waals surface area contributed by atoms with E-state index in [1.807, 2.05) is 37.3 Å². The monoisotopic (exact) mass is 334 g/mol. The van der Waals surface area contributed by atoms with E-state index >= 15 is 0 Å². The van der Waals surface area contributed by atoms with Crippen molar-refractivity contribution in [2.75, 3.05) is 5.32 Å². The first-order valence-electron chi connectivity index (χ1n) is 8.00. The maximum absolute atomic E-state index is 12.8. The van der Waals surface area contributed by atoms with Crippen molar-refractivity contribution in [2.45, 2.75) is 20.4 Å². The van der Waals surface area contributed by atoms with Gasteiger partial charge in [0.25, 0.3) is 5.56 Å². The summed E-state index contributed by atoms with van der Waals surface area (Å²) in [5.74, 6) is -0.219. The van der Waals surface area contributed by atoms with Gasteiger partial charge >= 0.3 is 0 Å². The van der Waals surface area contributed by atoms with Crippen LogP contribution in [0.1, 0.15) is 24.2 Å². The van der Waals surface area contributed by atoms with Crippen LogP contribution < -0.4 is 10.9 Å². The molecule has 3 rings (SSSR count). The van der Waals surface area contributed by atoms with Crippen LogP contribution in [-0.4, -0.2) is 20.5 Å². The minimum absolute atomic E-state index is 0.219. The lowest BCUT2D eigenvalue weighted by Crippen LogP contribution is -2.28. The van der Waals surface area contributed by atoms with Crippen LogP contribution in [0.25, 0.3) is 11.3 Å². The molecule has 0 aliphatic rings. The zero-order valence-electron chi connectivity index (χ0n) is 14.1. The molecule has 0 bridgehead atoms. The number of pyridine rings is 1. The maximum atomic E-state index is 12.8. The van der Waals surface area contributed by atoms with Gasteiger partial charge in [0.05, 0.1) is 5.56 Å². The molecule has 2 aromatic heterocycles. The Hall–Kier alpha value is -3.28. The van der Waals surface area contributed by atoms with Gasteiger partial charge in [-0.25, -0.2) is 4.68 Å². The summed E-state index contributed by atoms with van der Waals surface area (Å²) in [6, 6.07) is 12.9. The number of Topliss-reactive ketones (excluding diaryl/α,β-unsaturated/α-hetero) is 1. The van der Waals surface area contributed by atoms with E-state index in [9.17, 15) is 9.59 Å². The Kier molecular flexibility index (Phi) is 4.70. The molecule has 6 nitrogen and oxygen atoms in total. The normalized spacial score (nSPS) is 10.5. The van der Waals surface area contributed by atoms with Gasteiger partial charge in [0.15, 0.2) is 5.78 Å². The number of anilines is 2. The fourth-order valence-electron chi connectivity index (χ4n) is 2.62. The zero-order chi connectivity index (χ0) is 17.8. The SMILES string of the molecule is CCn1nc(-c2ccccc2)c(C(C)=O)c(Nc2ccncc2)c1=O. The molecule has 0 saturated heterocycles. The number of nitrogens with one attached hydrogen (secondary N) is 1. The number of hydrogen-bond donors (Lipinski definition) is 1. The van der Waals surface area contributed by atoms with E-state index in [2.05, 4.69) is 15.4 Å². The summed E-state index contributed by atoms with van der Waals surface area (Å²) in [4.78, 5) is 29.1. The lowest BCUT2D eigenvalue weighted by atomic mass is 10.0. The second kappa shape index (κ2) is 7.09. The highest BCUT2D eigenvalue weighted by atomic mass is 16.1. The molecule has 0 amide bonds. The summed E-state index contributed by atoms with van der Waals surface area (Å²) < 4.78 is 1.36. The minimum Gasteiger partial charge on any atom is -0.350 e. The first kappa shape index (κ1) is 16.6. The fourth-order valence-corrected chi connectivity index (χ4v) is 2.62. The van der Waals surface area contributed by atoms with Crippen molar-refractivity contribution < 1.29 is 4.79 Å². The second-order valence-corrected chi connectivity index (χ2v) is 5.50. The van der Waals surface area contributed by atoms with E-state index in [1.165, 1.54) is 11.6 Å². The van der Waals surface area contributed by atoms with Crippen LogP contribution in [0.3, 0.4) is 0 Å². The third-order valence-electron chi connectivity index (χ3n) is 3.80. The van der Waals surface area contributed by atoms with Gasteiger partial charge in [-0.2, -0.15) is 5.10 Å². The Bertz CT molecular complexity index is 950. The molecule has 3 aromatic rings. The molecule has 0 spiro atoms.